The lowest BCUT2D eigenvalue weighted by atomic mass is 9.78. The number of phenols is 1. The van der Waals surface area contributed by atoms with Gasteiger partial charge in [0.25, 0.3) is 0 Å². The number of benzene rings is 1. The lowest BCUT2D eigenvalue weighted by molar-refractivity contribution is -0.888. The number of carbonyl (C=O) groups is 1. The van der Waals surface area contributed by atoms with Gasteiger partial charge in [-0.2, -0.15) is 0 Å². The predicted molar refractivity (Wildman–Crippen MR) is 119 cm³/mol. The number of amides is 1. The first-order valence-corrected chi connectivity index (χ1v) is 10.6. The molecule has 1 amide bonds. The van der Waals surface area contributed by atoms with Gasteiger partial charge in [0, 0.05) is 19.4 Å². The molecule has 1 aromatic rings. The zero-order valence-electron chi connectivity index (χ0n) is 20.1. The fraction of sp³-hybridized carbons (Fsp3) is 0.708. The maximum Gasteiger partial charge on any atom is 0.220 e. The molecule has 2 N–H and O–H groups in total. The van der Waals surface area contributed by atoms with Gasteiger partial charge in [-0.1, -0.05) is 53.7 Å². The summed E-state index contributed by atoms with van der Waals surface area (Å²) in [5.74, 6) is 0.495. The molecular formula is C24H43BrN2O2. The van der Waals surface area contributed by atoms with E-state index in [0.29, 0.717) is 18.6 Å². The van der Waals surface area contributed by atoms with Crippen LogP contribution in [-0.4, -0.2) is 49.2 Å². The molecule has 0 aromatic heterocycles. The number of halogens is 1. The number of phenolic OH excluding ortho intramolecular Hbond substituents is 1. The molecule has 0 fully saturated rings. The highest BCUT2D eigenvalue weighted by Gasteiger charge is 2.26. The summed E-state index contributed by atoms with van der Waals surface area (Å²) < 4.78 is 0.981. The Kier molecular flexibility index (Phi) is 10.4. The summed E-state index contributed by atoms with van der Waals surface area (Å²) in [6, 6.07) is 4.14. The van der Waals surface area contributed by atoms with Crippen molar-refractivity contribution in [1.29, 1.82) is 0 Å². The number of nitrogens with one attached hydrogen (secondary N) is 1. The van der Waals surface area contributed by atoms with E-state index >= 15 is 0 Å². The third-order valence-electron chi connectivity index (χ3n) is 5.54. The first kappa shape index (κ1) is 27.9. The molecule has 168 valence electrons. The maximum atomic E-state index is 12.3. The Hall–Kier alpha value is -1.07. The number of aromatic hydroxyl groups is 1. The largest absolute Gasteiger partial charge is 1.00 e. The van der Waals surface area contributed by atoms with E-state index < -0.39 is 0 Å². The van der Waals surface area contributed by atoms with E-state index in [4.69, 9.17) is 0 Å². The summed E-state index contributed by atoms with van der Waals surface area (Å²) >= 11 is 0. The molecule has 0 spiro atoms. The average molecular weight is 472 g/mol. The standard InChI is InChI=1S/C24H42N2O2.BrH/c1-10-26(8,9)15-11-14-25-21(27)13-12-18-16-19(23(2,3)4)22(28)20(17-18)24(5,6)7;/h16-17H,10-15H2,1-9H3,(H-,25,27,28);1H. The number of nitrogens with zero attached hydrogens (tertiary/aromatic N) is 1. The fourth-order valence-electron chi connectivity index (χ4n) is 3.22. The molecular weight excluding hydrogens is 428 g/mol. The van der Waals surface area contributed by atoms with Gasteiger partial charge in [0.2, 0.25) is 5.91 Å². The smallest absolute Gasteiger partial charge is 0.220 e. The average Bonchev–Trinajstić information content (AvgIpc) is 2.55. The Morgan fingerprint density at radius 1 is 1.03 bits per heavy atom. The van der Waals surface area contributed by atoms with Gasteiger partial charge in [0.15, 0.2) is 0 Å². The van der Waals surface area contributed by atoms with Crippen molar-refractivity contribution in [3.8, 4) is 5.75 Å². The zero-order chi connectivity index (χ0) is 21.8. The van der Waals surface area contributed by atoms with Crippen LogP contribution in [0.15, 0.2) is 12.1 Å². The summed E-state index contributed by atoms with van der Waals surface area (Å²) in [7, 11) is 4.43. The van der Waals surface area contributed by atoms with Crippen LogP contribution in [0.2, 0.25) is 0 Å². The molecule has 0 radical (unpaired) electrons. The van der Waals surface area contributed by atoms with Crippen molar-refractivity contribution < 1.29 is 31.4 Å². The minimum absolute atomic E-state index is 0. The lowest BCUT2D eigenvalue weighted by Crippen LogP contribution is -3.00. The van der Waals surface area contributed by atoms with Crippen molar-refractivity contribution >= 4 is 5.91 Å². The summed E-state index contributed by atoms with van der Waals surface area (Å²) in [6.45, 7) is 17.8. The highest BCUT2D eigenvalue weighted by Crippen LogP contribution is 2.39. The third-order valence-corrected chi connectivity index (χ3v) is 5.54. The van der Waals surface area contributed by atoms with Crippen molar-refractivity contribution in [2.45, 2.75) is 78.6 Å². The molecule has 0 unspecified atom stereocenters. The molecule has 29 heavy (non-hydrogen) atoms. The molecule has 4 nitrogen and oxygen atoms in total. The summed E-state index contributed by atoms with van der Waals surface area (Å²) in [6.07, 6.45) is 2.16. The van der Waals surface area contributed by atoms with Gasteiger partial charge in [0.05, 0.1) is 27.2 Å². The van der Waals surface area contributed by atoms with Crippen molar-refractivity contribution in [2.24, 2.45) is 0 Å². The van der Waals surface area contributed by atoms with Gasteiger partial charge < -0.3 is 31.9 Å². The summed E-state index contributed by atoms with van der Waals surface area (Å²) in [4.78, 5) is 12.3. The van der Waals surface area contributed by atoms with Crippen LogP contribution in [0.1, 0.15) is 78.0 Å². The number of hydrogen-bond donors (Lipinski definition) is 2. The lowest BCUT2D eigenvalue weighted by Gasteiger charge is -2.28. The maximum absolute atomic E-state index is 12.3. The summed E-state index contributed by atoms with van der Waals surface area (Å²) in [5, 5.41) is 13.9. The molecule has 1 rings (SSSR count). The second-order valence-corrected chi connectivity index (χ2v) is 10.7. The first-order valence-electron chi connectivity index (χ1n) is 10.6. The molecule has 0 bridgehead atoms. The normalized spacial score (nSPS) is 12.4. The van der Waals surface area contributed by atoms with Crippen molar-refractivity contribution in [2.75, 3.05) is 33.7 Å². The Bertz CT molecular complexity index is 635. The van der Waals surface area contributed by atoms with Crippen LogP contribution in [0, 0.1) is 0 Å². The predicted octanol–water partition coefficient (Wildman–Crippen LogP) is 1.53. The molecule has 0 aliphatic heterocycles. The van der Waals surface area contributed by atoms with Crippen LogP contribution in [-0.2, 0) is 22.0 Å². The van der Waals surface area contributed by atoms with Crippen LogP contribution in [0.4, 0.5) is 0 Å². The van der Waals surface area contributed by atoms with Gasteiger partial charge in [0.1, 0.15) is 5.75 Å². The molecule has 5 heteroatoms. The van der Waals surface area contributed by atoms with E-state index in [-0.39, 0.29) is 33.7 Å². The van der Waals surface area contributed by atoms with E-state index in [9.17, 15) is 9.90 Å². The third kappa shape index (κ3) is 9.08. The molecule has 0 aliphatic rings. The molecule has 1 aromatic carbocycles. The Balaban J connectivity index is 0.00000784. The topological polar surface area (TPSA) is 49.3 Å². The fourth-order valence-corrected chi connectivity index (χ4v) is 3.22. The van der Waals surface area contributed by atoms with Gasteiger partial charge >= 0.3 is 0 Å². The first-order chi connectivity index (χ1) is 12.7. The van der Waals surface area contributed by atoms with Crippen LogP contribution >= 0.6 is 0 Å². The molecule has 0 atom stereocenters. The molecule has 0 saturated carbocycles. The van der Waals surface area contributed by atoms with E-state index in [1.807, 2.05) is 0 Å². The SMILES string of the molecule is CC[N+](C)(C)CCCNC(=O)CCc1cc(C(C)(C)C)c(O)c(C(C)(C)C)c1.[Br-]. The van der Waals surface area contributed by atoms with Crippen molar-refractivity contribution in [3.63, 3.8) is 0 Å². The highest BCUT2D eigenvalue weighted by atomic mass is 79.9. The van der Waals surface area contributed by atoms with E-state index in [0.717, 1.165) is 47.2 Å². The molecule has 0 saturated heterocycles. The van der Waals surface area contributed by atoms with Crippen LogP contribution in [0.3, 0.4) is 0 Å². The van der Waals surface area contributed by atoms with Gasteiger partial charge in [-0.3, -0.25) is 4.79 Å². The van der Waals surface area contributed by atoms with Crippen LogP contribution in [0.25, 0.3) is 0 Å². The van der Waals surface area contributed by atoms with Gasteiger partial charge in [-0.15, -0.1) is 0 Å². The van der Waals surface area contributed by atoms with E-state index in [1.54, 1.807) is 0 Å². The Morgan fingerprint density at radius 3 is 1.93 bits per heavy atom. The molecule has 0 aliphatic carbocycles. The number of carbonyl (C=O) groups excluding carboxylic acids is 1. The summed E-state index contributed by atoms with van der Waals surface area (Å²) in [5.41, 5.74) is 2.73. The van der Waals surface area contributed by atoms with E-state index in [2.05, 4.69) is 80.0 Å². The van der Waals surface area contributed by atoms with Crippen LogP contribution < -0.4 is 22.3 Å². The number of hydrogen-bond acceptors (Lipinski definition) is 2. The monoisotopic (exact) mass is 470 g/mol. The minimum Gasteiger partial charge on any atom is -1.00 e. The van der Waals surface area contributed by atoms with E-state index in [1.165, 1.54) is 0 Å². The van der Waals surface area contributed by atoms with Crippen molar-refractivity contribution in [3.05, 3.63) is 28.8 Å². The van der Waals surface area contributed by atoms with Gasteiger partial charge in [-0.25, -0.2) is 0 Å². The zero-order valence-corrected chi connectivity index (χ0v) is 21.7. The second-order valence-electron chi connectivity index (χ2n) is 10.7. The Labute approximate surface area is 189 Å². The quantitative estimate of drug-likeness (QED) is 0.446. The van der Waals surface area contributed by atoms with Crippen molar-refractivity contribution in [1.82, 2.24) is 5.32 Å². The second kappa shape index (κ2) is 10.8. The highest BCUT2D eigenvalue weighted by molar-refractivity contribution is 5.76. The number of aryl methyl sites for hydroxylation is 1. The molecule has 0 heterocycles. The minimum atomic E-state index is -0.146. The number of quaternary nitrogens is 1. The van der Waals surface area contributed by atoms with Crippen LogP contribution in [0.5, 0.6) is 5.75 Å². The van der Waals surface area contributed by atoms with Gasteiger partial charge in [-0.05, 0) is 40.9 Å². The Morgan fingerprint density at radius 2 is 1.52 bits per heavy atom. The number of rotatable bonds is 8.